The number of ketones is 1. The summed E-state index contributed by atoms with van der Waals surface area (Å²) >= 11 is 0. The average Bonchev–Trinajstić information content (AvgIpc) is 1.97. The van der Waals surface area contributed by atoms with Gasteiger partial charge in [-0.3, -0.25) is 14.9 Å². The van der Waals surface area contributed by atoms with Crippen molar-refractivity contribution >= 4 is 11.8 Å². The zero-order valence-electron chi connectivity index (χ0n) is 8.55. The van der Waals surface area contributed by atoms with Crippen LogP contribution in [0.1, 0.15) is 27.7 Å². The minimum atomic E-state index is -0.943. The maximum absolute atomic E-state index is 11.3. The molecular weight excluding hydrogens is 170 g/mol. The molecule has 0 fully saturated rings. The summed E-state index contributed by atoms with van der Waals surface area (Å²) in [4.78, 5) is 21.7. The Kier molecular flexibility index (Phi) is 4.07. The summed E-state index contributed by atoms with van der Waals surface area (Å²) in [5.41, 5.74) is -0.411. The fourth-order valence-electron chi connectivity index (χ4n) is 0.598. The van der Waals surface area contributed by atoms with E-state index in [9.17, 15) is 9.59 Å². The molecule has 0 bridgehead atoms. The van der Waals surface area contributed by atoms with Crippen LogP contribution in [0.2, 0.25) is 0 Å². The van der Waals surface area contributed by atoms with Crippen LogP contribution in [0, 0.1) is 5.41 Å². The van der Waals surface area contributed by atoms with E-state index in [0.717, 1.165) is 0 Å². The standard InChI is InChI=1S/C9H17NO3/c1-6(8(12)13)10-5-7(11)9(2,3)4/h6,10H,5H2,1-4H3,(H,12,13)/t6-/m0/s1. The SMILES string of the molecule is C[C@H](NCC(=O)C(C)(C)C)C(=O)O. The minimum absolute atomic E-state index is 0.0144. The lowest BCUT2D eigenvalue weighted by Crippen LogP contribution is -2.40. The monoisotopic (exact) mass is 187 g/mol. The predicted molar refractivity (Wildman–Crippen MR) is 49.6 cm³/mol. The molecule has 4 nitrogen and oxygen atoms in total. The Labute approximate surface area is 78.3 Å². The van der Waals surface area contributed by atoms with E-state index in [1.54, 1.807) is 0 Å². The van der Waals surface area contributed by atoms with Gasteiger partial charge in [-0.25, -0.2) is 0 Å². The number of nitrogens with one attached hydrogen (secondary N) is 1. The third kappa shape index (κ3) is 4.62. The zero-order valence-corrected chi connectivity index (χ0v) is 8.55. The molecule has 0 spiro atoms. The number of carboxylic acid groups (broad SMARTS) is 1. The van der Waals surface area contributed by atoms with Gasteiger partial charge in [0.05, 0.1) is 6.54 Å². The van der Waals surface area contributed by atoms with Crippen molar-refractivity contribution in [1.82, 2.24) is 5.32 Å². The van der Waals surface area contributed by atoms with Crippen molar-refractivity contribution in [2.24, 2.45) is 5.41 Å². The predicted octanol–water partition coefficient (Wildman–Crippen LogP) is 0.664. The highest BCUT2D eigenvalue weighted by atomic mass is 16.4. The van der Waals surface area contributed by atoms with Crippen LogP contribution in [0.5, 0.6) is 0 Å². The summed E-state index contributed by atoms with van der Waals surface area (Å²) in [5.74, 6) is -0.928. The van der Waals surface area contributed by atoms with E-state index in [1.165, 1.54) is 6.92 Å². The second kappa shape index (κ2) is 4.37. The molecule has 13 heavy (non-hydrogen) atoms. The second-order valence-corrected chi connectivity index (χ2v) is 4.11. The Balaban J connectivity index is 3.91. The molecule has 0 unspecified atom stereocenters. The molecule has 0 aliphatic carbocycles. The van der Waals surface area contributed by atoms with E-state index in [0.29, 0.717) is 0 Å². The molecular formula is C9H17NO3. The van der Waals surface area contributed by atoms with Crippen molar-refractivity contribution in [1.29, 1.82) is 0 Å². The molecule has 0 amide bonds. The maximum Gasteiger partial charge on any atom is 0.320 e. The van der Waals surface area contributed by atoms with Gasteiger partial charge in [-0.1, -0.05) is 20.8 Å². The molecule has 4 heteroatoms. The Bertz CT molecular complexity index is 205. The maximum atomic E-state index is 11.3. The van der Waals surface area contributed by atoms with Crippen LogP contribution in [-0.4, -0.2) is 29.4 Å². The second-order valence-electron chi connectivity index (χ2n) is 4.11. The van der Waals surface area contributed by atoms with Gasteiger partial charge in [0.15, 0.2) is 5.78 Å². The number of rotatable bonds is 4. The largest absolute Gasteiger partial charge is 0.480 e. The first-order chi connectivity index (χ1) is 5.75. The van der Waals surface area contributed by atoms with Crippen molar-refractivity contribution < 1.29 is 14.7 Å². The van der Waals surface area contributed by atoms with Crippen molar-refractivity contribution in [3.8, 4) is 0 Å². The zero-order chi connectivity index (χ0) is 10.6. The molecule has 0 rings (SSSR count). The van der Waals surface area contributed by atoms with Crippen LogP contribution in [0.3, 0.4) is 0 Å². The van der Waals surface area contributed by atoms with Gasteiger partial charge in [0.2, 0.25) is 0 Å². The fraction of sp³-hybridized carbons (Fsp3) is 0.778. The van der Waals surface area contributed by atoms with E-state index < -0.39 is 17.4 Å². The summed E-state index contributed by atoms with van der Waals surface area (Å²) < 4.78 is 0. The topological polar surface area (TPSA) is 66.4 Å². The van der Waals surface area contributed by atoms with Crippen LogP contribution in [0.15, 0.2) is 0 Å². The number of hydrogen-bond donors (Lipinski definition) is 2. The van der Waals surface area contributed by atoms with Gasteiger partial charge >= 0.3 is 5.97 Å². The fourth-order valence-corrected chi connectivity index (χ4v) is 0.598. The van der Waals surface area contributed by atoms with Gasteiger partial charge in [0, 0.05) is 5.41 Å². The highest BCUT2D eigenvalue weighted by Gasteiger charge is 2.22. The van der Waals surface area contributed by atoms with Gasteiger partial charge in [0.1, 0.15) is 6.04 Å². The van der Waals surface area contributed by atoms with Gasteiger partial charge in [0.25, 0.3) is 0 Å². The molecule has 2 N–H and O–H groups in total. The van der Waals surface area contributed by atoms with Crippen molar-refractivity contribution in [2.45, 2.75) is 33.7 Å². The normalized spacial score (nSPS) is 13.8. The molecule has 0 aromatic rings. The summed E-state index contributed by atoms with van der Waals surface area (Å²) in [7, 11) is 0. The lowest BCUT2D eigenvalue weighted by molar-refractivity contribution is -0.139. The molecule has 0 aromatic heterocycles. The van der Waals surface area contributed by atoms with E-state index in [2.05, 4.69) is 5.32 Å². The molecule has 0 saturated heterocycles. The third-order valence-corrected chi connectivity index (χ3v) is 1.78. The quantitative estimate of drug-likeness (QED) is 0.678. The first-order valence-electron chi connectivity index (χ1n) is 4.24. The molecule has 76 valence electrons. The number of hydrogen-bond acceptors (Lipinski definition) is 3. The van der Waals surface area contributed by atoms with Crippen LogP contribution < -0.4 is 5.32 Å². The van der Waals surface area contributed by atoms with Crippen LogP contribution in [-0.2, 0) is 9.59 Å². The number of Topliss-reactive ketones (excluding diaryl/α,β-unsaturated/α-hetero) is 1. The molecule has 0 saturated carbocycles. The Morgan fingerprint density at radius 3 is 2.15 bits per heavy atom. The number of carboxylic acids is 1. The van der Waals surface area contributed by atoms with Gasteiger partial charge in [-0.05, 0) is 6.92 Å². The molecule has 0 aliphatic heterocycles. The van der Waals surface area contributed by atoms with E-state index in [1.807, 2.05) is 20.8 Å². The highest BCUT2D eigenvalue weighted by Crippen LogP contribution is 2.13. The van der Waals surface area contributed by atoms with Crippen LogP contribution >= 0.6 is 0 Å². The van der Waals surface area contributed by atoms with Gasteiger partial charge < -0.3 is 5.11 Å². The first-order valence-corrected chi connectivity index (χ1v) is 4.24. The highest BCUT2D eigenvalue weighted by molar-refractivity contribution is 5.86. The molecule has 0 aliphatic rings. The van der Waals surface area contributed by atoms with Crippen molar-refractivity contribution in [3.05, 3.63) is 0 Å². The average molecular weight is 187 g/mol. The van der Waals surface area contributed by atoms with Crippen LogP contribution in [0.4, 0.5) is 0 Å². The molecule has 1 atom stereocenters. The third-order valence-electron chi connectivity index (χ3n) is 1.78. The van der Waals surface area contributed by atoms with Crippen molar-refractivity contribution in [2.75, 3.05) is 6.54 Å². The summed E-state index contributed by atoms with van der Waals surface area (Å²) in [6, 6.07) is -0.675. The van der Waals surface area contributed by atoms with Crippen molar-refractivity contribution in [3.63, 3.8) is 0 Å². The van der Waals surface area contributed by atoms with Gasteiger partial charge in [-0.15, -0.1) is 0 Å². The smallest absolute Gasteiger partial charge is 0.320 e. The molecule has 0 aromatic carbocycles. The van der Waals surface area contributed by atoms with Gasteiger partial charge in [-0.2, -0.15) is 0 Å². The number of aliphatic carboxylic acids is 1. The van der Waals surface area contributed by atoms with E-state index in [-0.39, 0.29) is 12.3 Å². The lowest BCUT2D eigenvalue weighted by atomic mass is 9.91. The summed E-state index contributed by atoms with van der Waals surface area (Å²) in [6.07, 6.45) is 0. The summed E-state index contributed by atoms with van der Waals surface area (Å²) in [6.45, 7) is 7.04. The van der Waals surface area contributed by atoms with Crippen LogP contribution in [0.25, 0.3) is 0 Å². The number of carbonyl (C=O) groups is 2. The summed E-state index contributed by atoms with van der Waals surface area (Å²) in [5, 5.41) is 11.2. The Hall–Kier alpha value is -0.900. The number of carbonyl (C=O) groups excluding carboxylic acids is 1. The Morgan fingerprint density at radius 1 is 1.38 bits per heavy atom. The van der Waals surface area contributed by atoms with E-state index in [4.69, 9.17) is 5.11 Å². The molecule has 0 heterocycles. The lowest BCUT2D eigenvalue weighted by Gasteiger charge is -2.17. The van der Waals surface area contributed by atoms with E-state index >= 15 is 0 Å². The Morgan fingerprint density at radius 2 is 1.85 bits per heavy atom. The minimum Gasteiger partial charge on any atom is -0.480 e. The first kappa shape index (κ1) is 12.1. The molecule has 0 radical (unpaired) electrons.